The van der Waals surface area contributed by atoms with E-state index in [2.05, 4.69) is 0 Å². The Morgan fingerprint density at radius 3 is 2.21 bits per heavy atom. The highest BCUT2D eigenvalue weighted by Crippen LogP contribution is 2.36. The van der Waals surface area contributed by atoms with Crippen molar-refractivity contribution < 1.29 is 27.8 Å². The first-order valence-corrected chi connectivity index (χ1v) is 11.2. The van der Waals surface area contributed by atoms with Gasteiger partial charge in [0, 0.05) is 43.6 Å². The number of nitrogens with zero attached hydrogens (tertiary/aromatic N) is 2. The van der Waals surface area contributed by atoms with Crippen molar-refractivity contribution in [1.82, 2.24) is 9.80 Å². The Balaban J connectivity index is 1.52. The molecule has 0 saturated carbocycles. The summed E-state index contributed by atoms with van der Waals surface area (Å²) in [6, 6.07) is 11.2. The Morgan fingerprint density at radius 1 is 0.909 bits per heavy atom. The first-order chi connectivity index (χ1) is 15.9. The van der Waals surface area contributed by atoms with Crippen LogP contribution in [0.25, 0.3) is 0 Å². The molecule has 0 bridgehead atoms. The van der Waals surface area contributed by atoms with Gasteiger partial charge in [0.25, 0.3) is 5.91 Å². The van der Waals surface area contributed by atoms with Crippen molar-refractivity contribution in [3.8, 4) is 5.75 Å². The van der Waals surface area contributed by atoms with Crippen LogP contribution >= 0.6 is 0 Å². The van der Waals surface area contributed by atoms with Crippen LogP contribution in [-0.2, 0) is 9.53 Å². The molecular formula is C25H28F2N2O4. The maximum atomic E-state index is 13.3. The first-order valence-electron chi connectivity index (χ1n) is 11.2. The summed E-state index contributed by atoms with van der Waals surface area (Å²) in [6.07, 6.45) is 1.68. The number of halogens is 2. The average molecular weight is 459 g/mol. The number of likely N-dealkylation sites (tertiary alicyclic amines) is 1. The Morgan fingerprint density at radius 2 is 1.55 bits per heavy atom. The van der Waals surface area contributed by atoms with Crippen molar-refractivity contribution in [2.45, 2.75) is 19.3 Å². The summed E-state index contributed by atoms with van der Waals surface area (Å²) in [6.45, 7) is 3.25. The highest BCUT2D eigenvalue weighted by atomic mass is 19.1. The minimum Gasteiger partial charge on any atom is -0.493 e. The Labute approximate surface area is 192 Å². The van der Waals surface area contributed by atoms with Crippen molar-refractivity contribution in [1.29, 1.82) is 0 Å². The summed E-state index contributed by atoms with van der Waals surface area (Å²) in [5.41, 5.74) is -0.177. The highest BCUT2D eigenvalue weighted by molar-refractivity contribution is 5.94. The molecule has 0 radical (unpaired) electrons. The number of benzene rings is 2. The van der Waals surface area contributed by atoms with E-state index in [9.17, 15) is 18.4 Å². The number of hydrogen-bond donors (Lipinski definition) is 0. The zero-order chi connectivity index (χ0) is 23.3. The van der Waals surface area contributed by atoms with Gasteiger partial charge in [-0.15, -0.1) is 0 Å². The van der Waals surface area contributed by atoms with E-state index in [4.69, 9.17) is 9.47 Å². The van der Waals surface area contributed by atoms with E-state index in [-0.39, 0.29) is 30.7 Å². The molecule has 1 atom stereocenters. The molecule has 2 heterocycles. The van der Waals surface area contributed by atoms with Gasteiger partial charge in [-0.1, -0.05) is 0 Å². The standard InChI is InChI=1S/C25H28F2N2O4/c26-20-4-2-19(3-5-20)24(31)29-11-1-10-25(17-29,16-23(30)28-12-14-32-15-13-28)18-33-22-8-6-21(27)7-9-22/h2-9H,1,10-18H2. The van der Waals surface area contributed by atoms with Crippen LogP contribution in [0, 0.1) is 17.0 Å². The molecule has 0 aliphatic carbocycles. The van der Waals surface area contributed by atoms with Crippen LogP contribution in [0.1, 0.15) is 29.6 Å². The van der Waals surface area contributed by atoms with Gasteiger partial charge in [-0.3, -0.25) is 9.59 Å². The number of amides is 2. The SMILES string of the molecule is O=C(CC1(COc2ccc(F)cc2)CCCN(C(=O)c2ccc(F)cc2)C1)N1CCOCC1. The van der Waals surface area contributed by atoms with Crippen molar-refractivity contribution in [2.75, 3.05) is 46.0 Å². The summed E-state index contributed by atoms with van der Waals surface area (Å²) >= 11 is 0. The minimum absolute atomic E-state index is 0.0112. The number of piperidine rings is 1. The minimum atomic E-state index is -0.586. The van der Waals surface area contributed by atoms with E-state index in [0.717, 1.165) is 12.8 Å². The lowest BCUT2D eigenvalue weighted by molar-refractivity contribution is -0.139. The molecule has 8 heteroatoms. The van der Waals surface area contributed by atoms with Crippen LogP contribution in [-0.4, -0.2) is 67.6 Å². The van der Waals surface area contributed by atoms with Gasteiger partial charge in [0.15, 0.2) is 0 Å². The molecule has 2 aromatic rings. The van der Waals surface area contributed by atoms with Crippen molar-refractivity contribution in [3.05, 3.63) is 65.7 Å². The molecule has 6 nitrogen and oxygen atoms in total. The van der Waals surface area contributed by atoms with Crippen LogP contribution in [0.15, 0.2) is 48.5 Å². The smallest absolute Gasteiger partial charge is 0.253 e. The van der Waals surface area contributed by atoms with Crippen molar-refractivity contribution in [3.63, 3.8) is 0 Å². The number of ether oxygens (including phenoxy) is 2. The van der Waals surface area contributed by atoms with E-state index in [1.165, 1.54) is 36.4 Å². The van der Waals surface area contributed by atoms with E-state index in [1.807, 2.05) is 0 Å². The highest BCUT2D eigenvalue weighted by Gasteiger charge is 2.41. The molecule has 0 N–H and O–H groups in total. The molecule has 0 spiro atoms. The van der Waals surface area contributed by atoms with Gasteiger partial charge in [-0.25, -0.2) is 8.78 Å². The summed E-state index contributed by atoms with van der Waals surface area (Å²) < 4.78 is 37.9. The summed E-state index contributed by atoms with van der Waals surface area (Å²) in [5, 5.41) is 0. The van der Waals surface area contributed by atoms with Crippen LogP contribution < -0.4 is 4.74 Å². The molecule has 176 valence electrons. The van der Waals surface area contributed by atoms with Gasteiger partial charge in [0.05, 0.1) is 19.8 Å². The lowest BCUT2D eigenvalue weighted by Crippen LogP contribution is -2.52. The lowest BCUT2D eigenvalue weighted by Gasteiger charge is -2.43. The quantitative estimate of drug-likeness (QED) is 0.665. The molecule has 1 unspecified atom stereocenters. The van der Waals surface area contributed by atoms with E-state index in [1.54, 1.807) is 21.9 Å². The van der Waals surface area contributed by atoms with E-state index < -0.39 is 11.2 Å². The van der Waals surface area contributed by atoms with Gasteiger partial charge in [0.1, 0.15) is 17.4 Å². The number of rotatable bonds is 6. The average Bonchev–Trinajstić information content (AvgIpc) is 2.84. The molecule has 2 aromatic carbocycles. The third-order valence-electron chi connectivity index (χ3n) is 6.29. The summed E-state index contributed by atoms with van der Waals surface area (Å²) in [7, 11) is 0. The Bertz CT molecular complexity index is 961. The maximum absolute atomic E-state index is 13.3. The van der Waals surface area contributed by atoms with Crippen LogP contribution in [0.3, 0.4) is 0 Å². The molecule has 2 aliphatic heterocycles. The van der Waals surface area contributed by atoms with Crippen LogP contribution in [0.4, 0.5) is 8.78 Å². The fourth-order valence-corrected chi connectivity index (χ4v) is 4.48. The van der Waals surface area contributed by atoms with Crippen molar-refractivity contribution in [2.24, 2.45) is 5.41 Å². The Kier molecular flexibility index (Phi) is 7.23. The summed E-state index contributed by atoms with van der Waals surface area (Å²) in [5.74, 6) is -0.426. The molecule has 33 heavy (non-hydrogen) atoms. The molecular weight excluding hydrogens is 430 g/mol. The molecule has 0 aromatic heterocycles. The van der Waals surface area contributed by atoms with E-state index >= 15 is 0 Å². The fraction of sp³-hybridized carbons (Fsp3) is 0.440. The predicted molar refractivity (Wildman–Crippen MR) is 118 cm³/mol. The second-order valence-corrected chi connectivity index (χ2v) is 8.75. The topological polar surface area (TPSA) is 59.1 Å². The molecule has 2 fully saturated rings. The van der Waals surface area contributed by atoms with Gasteiger partial charge in [-0.05, 0) is 61.4 Å². The lowest BCUT2D eigenvalue weighted by atomic mass is 9.77. The van der Waals surface area contributed by atoms with Crippen molar-refractivity contribution >= 4 is 11.8 Å². The van der Waals surface area contributed by atoms with E-state index in [0.29, 0.717) is 50.7 Å². The Hall–Kier alpha value is -3.00. The van der Waals surface area contributed by atoms with Gasteiger partial charge in [-0.2, -0.15) is 0 Å². The second-order valence-electron chi connectivity index (χ2n) is 8.75. The van der Waals surface area contributed by atoms with Gasteiger partial charge in [0.2, 0.25) is 5.91 Å². The second kappa shape index (κ2) is 10.3. The largest absolute Gasteiger partial charge is 0.493 e. The first kappa shape index (κ1) is 23.2. The molecule has 2 aliphatic rings. The molecule has 4 rings (SSSR count). The van der Waals surface area contributed by atoms with Gasteiger partial charge < -0.3 is 19.3 Å². The molecule has 2 amide bonds. The van der Waals surface area contributed by atoms with Crippen LogP contribution in [0.2, 0.25) is 0 Å². The summed E-state index contributed by atoms with van der Waals surface area (Å²) in [4.78, 5) is 29.8. The van der Waals surface area contributed by atoms with Gasteiger partial charge >= 0.3 is 0 Å². The van der Waals surface area contributed by atoms with Crippen LogP contribution in [0.5, 0.6) is 5.75 Å². The number of morpholine rings is 1. The monoisotopic (exact) mass is 458 g/mol. The molecule has 2 saturated heterocycles. The number of hydrogen-bond acceptors (Lipinski definition) is 4. The third-order valence-corrected chi connectivity index (χ3v) is 6.29. The zero-order valence-electron chi connectivity index (χ0n) is 18.5. The normalized spacial score (nSPS) is 21.0. The third kappa shape index (κ3) is 5.87. The number of carbonyl (C=O) groups excluding carboxylic acids is 2. The maximum Gasteiger partial charge on any atom is 0.253 e. The number of carbonyl (C=O) groups is 2. The predicted octanol–water partition coefficient (Wildman–Crippen LogP) is 3.52. The zero-order valence-corrected chi connectivity index (χ0v) is 18.5. The fourth-order valence-electron chi connectivity index (χ4n) is 4.48.